The Kier molecular flexibility index (Phi) is 4.70. The number of amides is 1. The van der Waals surface area contributed by atoms with Crippen LogP contribution in [0.15, 0.2) is 0 Å². The molecule has 0 spiro atoms. The summed E-state index contributed by atoms with van der Waals surface area (Å²) >= 11 is 0. The van der Waals surface area contributed by atoms with Crippen molar-refractivity contribution in [1.29, 1.82) is 0 Å². The van der Waals surface area contributed by atoms with Crippen molar-refractivity contribution in [3.63, 3.8) is 0 Å². The molecule has 1 saturated heterocycles. The highest BCUT2D eigenvalue weighted by Gasteiger charge is 2.33. The van der Waals surface area contributed by atoms with Gasteiger partial charge in [-0.15, -0.1) is 0 Å². The highest BCUT2D eigenvalue weighted by Crippen LogP contribution is 2.15. The number of likely N-dealkylation sites (N-methyl/N-ethyl adjacent to an activating group) is 1. The molecule has 1 atom stereocenters. The Morgan fingerprint density at radius 1 is 1.62 bits per heavy atom. The lowest BCUT2D eigenvalue weighted by Gasteiger charge is -2.28. The van der Waals surface area contributed by atoms with Crippen molar-refractivity contribution in [1.82, 2.24) is 10.2 Å². The van der Waals surface area contributed by atoms with Crippen LogP contribution in [0.5, 0.6) is 0 Å². The number of aliphatic hydroxyl groups is 1. The molecule has 16 heavy (non-hydrogen) atoms. The molecular formula is C11H22N2O3. The summed E-state index contributed by atoms with van der Waals surface area (Å²) in [5.41, 5.74) is -0.776. The molecule has 1 aliphatic heterocycles. The highest BCUT2D eigenvalue weighted by atomic mass is 16.5. The number of hydrogen-bond donors (Lipinski definition) is 2. The minimum absolute atomic E-state index is 0.0496. The van der Waals surface area contributed by atoms with E-state index in [1.54, 1.807) is 7.05 Å². The molecule has 0 bridgehead atoms. The van der Waals surface area contributed by atoms with Gasteiger partial charge >= 0.3 is 0 Å². The van der Waals surface area contributed by atoms with Gasteiger partial charge in [0.05, 0.1) is 18.2 Å². The highest BCUT2D eigenvalue weighted by molar-refractivity contribution is 5.77. The van der Waals surface area contributed by atoms with E-state index in [0.717, 1.165) is 6.54 Å². The fourth-order valence-corrected chi connectivity index (χ4v) is 1.74. The third-order valence-corrected chi connectivity index (χ3v) is 2.72. The van der Waals surface area contributed by atoms with Crippen LogP contribution in [0.2, 0.25) is 0 Å². The summed E-state index contributed by atoms with van der Waals surface area (Å²) in [5, 5.41) is 13.2. The minimum Gasteiger partial charge on any atom is -0.387 e. The standard InChI is InChI=1S/C11H22N2O3/c1-9(2)16-6-10(14)13(3)8-11(15)4-5-12-7-11/h9,12,15H,4-8H2,1-3H3. The van der Waals surface area contributed by atoms with Crippen molar-refractivity contribution in [2.45, 2.75) is 32.0 Å². The second-order valence-electron chi connectivity index (χ2n) is 4.76. The Labute approximate surface area is 96.8 Å². The van der Waals surface area contributed by atoms with Crippen LogP contribution >= 0.6 is 0 Å². The summed E-state index contributed by atoms with van der Waals surface area (Å²) in [6.07, 6.45) is 0.740. The lowest BCUT2D eigenvalue weighted by atomic mass is 10.0. The Balaban J connectivity index is 2.33. The summed E-state index contributed by atoms with van der Waals surface area (Å²) in [4.78, 5) is 13.2. The zero-order valence-electron chi connectivity index (χ0n) is 10.3. The number of carbonyl (C=O) groups is 1. The summed E-state index contributed by atoms with van der Waals surface area (Å²) < 4.78 is 5.23. The third kappa shape index (κ3) is 4.08. The second kappa shape index (κ2) is 5.61. The first-order chi connectivity index (χ1) is 7.43. The molecular weight excluding hydrogens is 208 g/mol. The van der Waals surface area contributed by atoms with Crippen LogP contribution in [0.25, 0.3) is 0 Å². The molecule has 0 aromatic heterocycles. The molecule has 0 aromatic rings. The Bertz CT molecular complexity index is 237. The molecule has 0 aromatic carbocycles. The number of ether oxygens (including phenoxy) is 1. The van der Waals surface area contributed by atoms with Crippen LogP contribution < -0.4 is 5.32 Å². The van der Waals surface area contributed by atoms with E-state index in [1.165, 1.54) is 4.90 Å². The van der Waals surface area contributed by atoms with Gasteiger partial charge in [-0.25, -0.2) is 0 Å². The zero-order valence-corrected chi connectivity index (χ0v) is 10.3. The molecule has 5 nitrogen and oxygen atoms in total. The molecule has 1 amide bonds. The maximum atomic E-state index is 11.6. The van der Waals surface area contributed by atoms with E-state index in [9.17, 15) is 9.90 Å². The van der Waals surface area contributed by atoms with Crippen molar-refractivity contribution in [2.75, 3.05) is 33.3 Å². The van der Waals surface area contributed by atoms with Crippen LogP contribution in [0.4, 0.5) is 0 Å². The minimum atomic E-state index is -0.776. The van der Waals surface area contributed by atoms with E-state index >= 15 is 0 Å². The fourth-order valence-electron chi connectivity index (χ4n) is 1.74. The van der Waals surface area contributed by atoms with Gasteiger partial charge in [-0.05, 0) is 26.8 Å². The molecule has 1 rings (SSSR count). The molecule has 2 N–H and O–H groups in total. The fraction of sp³-hybridized carbons (Fsp3) is 0.909. The van der Waals surface area contributed by atoms with E-state index < -0.39 is 5.60 Å². The van der Waals surface area contributed by atoms with E-state index in [1.807, 2.05) is 13.8 Å². The SMILES string of the molecule is CC(C)OCC(=O)N(C)CC1(O)CCNC1. The predicted octanol–water partition coefficient (Wildman–Crippen LogP) is -0.406. The molecule has 0 aliphatic carbocycles. The normalized spacial score (nSPS) is 25.1. The first-order valence-electron chi connectivity index (χ1n) is 5.72. The molecule has 1 fully saturated rings. The maximum absolute atomic E-state index is 11.6. The van der Waals surface area contributed by atoms with Crippen LogP contribution in [-0.4, -0.2) is 60.9 Å². The van der Waals surface area contributed by atoms with Crippen molar-refractivity contribution < 1.29 is 14.6 Å². The Hall–Kier alpha value is -0.650. The van der Waals surface area contributed by atoms with Crippen molar-refractivity contribution in [2.24, 2.45) is 0 Å². The number of β-amino-alcohol motifs (C(OH)–C–C–N with tert-alkyl or cyclic N) is 1. The molecule has 1 aliphatic rings. The quantitative estimate of drug-likeness (QED) is 0.674. The Morgan fingerprint density at radius 3 is 2.81 bits per heavy atom. The van der Waals surface area contributed by atoms with Crippen molar-refractivity contribution in [3.8, 4) is 0 Å². The van der Waals surface area contributed by atoms with Gasteiger partial charge in [-0.3, -0.25) is 4.79 Å². The largest absolute Gasteiger partial charge is 0.387 e. The molecule has 1 unspecified atom stereocenters. The van der Waals surface area contributed by atoms with Crippen LogP contribution in [-0.2, 0) is 9.53 Å². The van der Waals surface area contributed by atoms with Gasteiger partial charge < -0.3 is 20.1 Å². The number of nitrogens with zero attached hydrogens (tertiary/aromatic N) is 1. The molecule has 94 valence electrons. The van der Waals surface area contributed by atoms with E-state index in [0.29, 0.717) is 19.5 Å². The molecule has 1 heterocycles. The first-order valence-corrected chi connectivity index (χ1v) is 5.72. The Morgan fingerprint density at radius 2 is 2.31 bits per heavy atom. The number of nitrogens with one attached hydrogen (secondary N) is 1. The summed E-state index contributed by atoms with van der Waals surface area (Å²) in [5.74, 6) is -0.0889. The van der Waals surface area contributed by atoms with Gasteiger partial charge in [0.1, 0.15) is 6.61 Å². The number of hydrogen-bond acceptors (Lipinski definition) is 4. The van der Waals surface area contributed by atoms with Crippen LogP contribution in [0, 0.1) is 0 Å². The molecule has 0 radical (unpaired) electrons. The lowest BCUT2D eigenvalue weighted by Crippen LogP contribution is -2.46. The summed E-state index contributed by atoms with van der Waals surface area (Å²) in [6.45, 7) is 5.58. The summed E-state index contributed by atoms with van der Waals surface area (Å²) in [7, 11) is 1.70. The summed E-state index contributed by atoms with van der Waals surface area (Å²) in [6, 6.07) is 0. The van der Waals surface area contributed by atoms with Gasteiger partial charge in [-0.2, -0.15) is 0 Å². The molecule has 0 saturated carbocycles. The van der Waals surface area contributed by atoms with Gasteiger partial charge in [0.15, 0.2) is 0 Å². The van der Waals surface area contributed by atoms with Crippen molar-refractivity contribution in [3.05, 3.63) is 0 Å². The topological polar surface area (TPSA) is 61.8 Å². The molecule has 5 heteroatoms. The number of rotatable bonds is 5. The smallest absolute Gasteiger partial charge is 0.248 e. The average Bonchev–Trinajstić information content (AvgIpc) is 2.61. The van der Waals surface area contributed by atoms with Gasteiger partial charge in [-0.1, -0.05) is 0 Å². The van der Waals surface area contributed by atoms with E-state index in [-0.39, 0.29) is 18.6 Å². The van der Waals surface area contributed by atoms with E-state index in [4.69, 9.17) is 4.74 Å². The maximum Gasteiger partial charge on any atom is 0.248 e. The van der Waals surface area contributed by atoms with Crippen LogP contribution in [0.3, 0.4) is 0 Å². The average molecular weight is 230 g/mol. The van der Waals surface area contributed by atoms with Gasteiger partial charge in [0.25, 0.3) is 0 Å². The first kappa shape index (κ1) is 13.4. The van der Waals surface area contributed by atoms with Crippen molar-refractivity contribution >= 4 is 5.91 Å². The van der Waals surface area contributed by atoms with Gasteiger partial charge in [0, 0.05) is 13.6 Å². The zero-order chi connectivity index (χ0) is 12.2. The van der Waals surface area contributed by atoms with E-state index in [2.05, 4.69) is 5.32 Å². The lowest BCUT2D eigenvalue weighted by molar-refractivity contribution is -0.139. The number of carbonyl (C=O) groups excluding carboxylic acids is 1. The second-order valence-corrected chi connectivity index (χ2v) is 4.76. The van der Waals surface area contributed by atoms with Crippen LogP contribution in [0.1, 0.15) is 20.3 Å². The monoisotopic (exact) mass is 230 g/mol. The third-order valence-electron chi connectivity index (χ3n) is 2.72. The predicted molar refractivity (Wildman–Crippen MR) is 61.2 cm³/mol. The van der Waals surface area contributed by atoms with Gasteiger partial charge in [0.2, 0.25) is 5.91 Å².